The fourth-order valence-corrected chi connectivity index (χ4v) is 4.28. The number of anilines is 1. The molecular formula is C22H28ClN3OS. The number of hydrogen-bond donors (Lipinski definition) is 0. The number of carbonyl (C=O) groups excluding carboxylic acids is 1. The Bertz CT molecular complexity index is 924. The van der Waals surface area contributed by atoms with Crippen LogP contribution in [0.3, 0.4) is 0 Å². The number of aryl methyl sites for hydroxylation is 2. The van der Waals surface area contributed by atoms with Gasteiger partial charge in [0.15, 0.2) is 5.13 Å². The lowest BCUT2D eigenvalue weighted by Crippen LogP contribution is -2.34. The molecule has 0 fully saturated rings. The minimum atomic E-state index is 0. The highest BCUT2D eigenvalue weighted by Crippen LogP contribution is 2.32. The van der Waals surface area contributed by atoms with Crippen molar-refractivity contribution >= 4 is 45.0 Å². The van der Waals surface area contributed by atoms with E-state index < -0.39 is 0 Å². The lowest BCUT2D eigenvalue weighted by Gasteiger charge is -2.21. The van der Waals surface area contributed by atoms with Gasteiger partial charge in [-0.05, 0) is 63.7 Å². The van der Waals surface area contributed by atoms with Crippen LogP contribution in [0.1, 0.15) is 23.1 Å². The van der Waals surface area contributed by atoms with Crippen molar-refractivity contribution in [3.8, 4) is 0 Å². The summed E-state index contributed by atoms with van der Waals surface area (Å²) in [7, 11) is 4.11. The molecule has 2 aromatic carbocycles. The molecule has 0 aliphatic heterocycles. The maximum absolute atomic E-state index is 13.1. The third kappa shape index (κ3) is 5.53. The summed E-state index contributed by atoms with van der Waals surface area (Å²) in [5, 5.41) is 0.804. The number of amides is 1. The van der Waals surface area contributed by atoms with E-state index in [9.17, 15) is 4.79 Å². The molecule has 0 spiro atoms. The van der Waals surface area contributed by atoms with Crippen LogP contribution in [0.4, 0.5) is 5.13 Å². The van der Waals surface area contributed by atoms with Gasteiger partial charge in [-0.15, -0.1) is 12.4 Å². The molecule has 1 amide bonds. The maximum atomic E-state index is 13.1. The molecule has 3 aromatic rings. The van der Waals surface area contributed by atoms with E-state index in [-0.39, 0.29) is 18.3 Å². The highest BCUT2D eigenvalue weighted by Gasteiger charge is 2.20. The topological polar surface area (TPSA) is 36.4 Å². The largest absolute Gasteiger partial charge is 0.309 e. The molecule has 0 aliphatic rings. The van der Waals surface area contributed by atoms with Gasteiger partial charge in [0.25, 0.3) is 0 Å². The van der Waals surface area contributed by atoms with Gasteiger partial charge in [-0.1, -0.05) is 47.7 Å². The van der Waals surface area contributed by atoms with E-state index in [0.29, 0.717) is 13.0 Å². The minimum Gasteiger partial charge on any atom is -0.309 e. The average Bonchev–Trinajstić information content (AvgIpc) is 3.03. The summed E-state index contributed by atoms with van der Waals surface area (Å²) in [5.41, 5.74) is 4.44. The molecular weight excluding hydrogens is 390 g/mol. The van der Waals surface area contributed by atoms with E-state index in [2.05, 4.69) is 45.0 Å². The third-order valence-electron chi connectivity index (χ3n) is 4.53. The first-order chi connectivity index (χ1) is 12.9. The van der Waals surface area contributed by atoms with Crippen LogP contribution >= 0.6 is 23.7 Å². The zero-order valence-electron chi connectivity index (χ0n) is 16.9. The fraction of sp³-hybridized carbons (Fsp3) is 0.364. The molecule has 0 saturated heterocycles. The quantitative estimate of drug-likeness (QED) is 0.550. The number of hydrogen-bond acceptors (Lipinski definition) is 4. The summed E-state index contributed by atoms with van der Waals surface area (Å²) in [4.78, 5) is 21.9. The Hall–Kier alpha value is -1.95. The average molecular weight is 418 g/mol. The molecule has 0 N–H and O–H groups in total. The minimum absolute atomic E-state index is 0. The van der Waals surface area contributed by atoms with Crippen LogP contribution in [0.2, 0.25) is 0 Å². The van der Waals surface area contributed by atoms with E-state index in [1.807, 2.05) is 35.2 Å². The zero-order chi connectivity index (χ0) is 19.4. The molecule has 0 unspecified atom stereocenters. The molecule has 150 valence electrons. The Labute approximate surface area is 177 Å². The lowest BCUT2D eigenvalue weighted by atomic mass is 10.1. The molecule has 0 aliphatic carbocycles. The highest BCUT2D eigenvalue weighted by atomic mass is 35.5. The van der Waals surface area contributed by atoms with Gasteiger partial charge in [0.05, 0.1) is 16.6 Å². The molecule has 6 heteroatoms. The number of aromatic nitrogens is 1. The molecule has 1 heterocycles. The van der Waals surface area contributed by atoms with Gasteiger partial charge in [-0.3, -0.25) is 9.69 Å². The first-order valence-corrected chi connectivity index (χ1v) is 10.1. The van der Waals surface area contributed by atoms with E-state index in [1.165, 1.54) is 15.8 Å². The van der Waals surface area contributed by atoms with Gasteiger partial charge in [0.2, 0.25) is 5.91 Å². The Balaban J connectivity index is 0.00000280. The van der Waals surface area contributed by atoms with E-state index in [0.717, 1.165) is 29.2 Å². The van der Waals surface area contributed by atoms with Crippen molar-refractivity contribution in [1.29, 1.82) is 0 Å². The lowest BCUT2D eigenvalue weighted by molar-refractivity contribution is -0.118. The van der Waals surface area contributed by atoms with Crippen molar-refractivity contribution < 1.29 is 4.79 Å². The van der Waals surface area contributed by atoms with E-state index in [1.54, 1.807) is 11.3 Å². The summed E-state index contributed by atoms with van der Waals surface area (Å²) in [5.74, 6) is 0.105. The van der Waals surface area contributed by atoms with Gasteiger partial charge in [-0.2, -0.15) is 0 Å². The Morgan fingerprint density at radius 2 is 1.79 bits per heavy atom. The second-order valence-corrected chi connectivity index (χ2v) is 8.27. The first-order valence-electron chi connectivity index (χ1n) is 9.31. The number of carbonyl (C=O) groups is 1. The molecule has 4 nitrogen and oxygen atoms in total. The first kappa shape index (κ1) is 22.3. The summed E-state index contributed by atoms with van der Waals surface area (Å²) >= 11 is 1.62. The molecule has 0 bridgehead atoms. The Morgan fingerprint density at radius 1 is 1.07 bits per heavy atom. The van der Waals surface area contributed by atoms with Crippen LogP contribution in [0, 0.1) is 13.8 Å². The maximum Gasteiger partial charge on any atom is 0.233 e. The molecule has 3 rings (SSSR count). The van der Waals surface area contributed by atoms with Crippen molar-refractivity contribution in [2.75, 3.05) is 32.1 Å². The smallest absolute Gasteiger partial charge is 0.233 e. The summed E-state index contributed by atoms with van der Waals surface area (Å²) in [6.07, 6.45) is 1.32. The fourth-order valence-electron chi connectivity index (χ4n) is 3.22. The van der Waals surface area contributed by atoms with Crippen molar-refractivity contribution in [3.63, 3.8) is 0 Å². The van der Waals surface area contributed by atoms with Crippen molar-refractivity contribution in [2.24, 2.45) is 0 Å². The van der Waals surface area contributed by atoms with E-state index in [4.69, 9.17) is 4.98 Å². The molecule has 28 heavy (non-hydrogen) atoms. The van der Waals surface area contributed by atoms with Crippen molar-refractivity contribution in [3.05, 3.63) is 59.2 Å². The highest BCUT2D eigenvalue weighted by molar-refractivity contribution is 7.22. The van der Waals surface area contributed by atoms with Crippen LogP contribution in [0.25, 0.3) is 10.2 Å². The summed E-state index contributed by atoms with van der Waals surface area (Å²) < 4.78 is 1.17. The van der Waals surface area contributed by atoms with Gasteiger partial charge >= 0.3 is 0 Å². The zero-order valence-corrected chi connectivity index (χ0v) is 18.6. The normalized spacial score (nSPS) is 10.9. The molecule has 0 radical (unpaired) electrons. The molecule has 0 atom stereocenters. The van der Waals surface area contributed by atoms with Crippen molar-refractivity contribution in [1.82, 2.24) is 9.88 Å². The number of fused-ring (bicyclic) bond motifs is 1. The number of thiazole rings is 1. The SMILES string of the molecule is Cc1cc(C)c2sc(N(CCCN(C)C)C(=O)Cc3ccccc3)nc2c1.Cl. The molecule has 1 aromatic heterocycles. The van der Waals surface area contributed by atoms with Crippen LogP contribution in [0.5, 0.6) is 0 Å². The van der Waals surface area contributed by atoms with Gasteiger partial charge in [-0.25, -0.2) is 4.98 Å². The Morgan fingerprint density at radius 3 is 2.46 bits per heavy atom. The second kappa shape index (κ2) is 10.0. The number of benzene rings is 2. The van der Waals surface area contributed by atoms with E-state index >= 15 is 0 Å². The van der Waals surface area contributed by atoms with Gasteiger partial charge in [0, 0.05) is 6.54 Å². The van der Waals surface area contributed by atoms with Crippen LogP contribution in [-0.4, -0.2) is 43.0 Å². The third-order valence-corrected chi connectivity index (χ3v) is 5.76. The molecule has 0 saturated carbocycles. The van der Waals surface area contributed by atoms with Gasteiger partial charge in [0.1, 0.15) is 0 Å². The monoisotopic (exact) mass is 417 g/mol. The van der Waals surface area contributed by atoms with Crippen LogP contribution < -0.4 is 4.90 Å². The summed E-state index contributed by atoms with van der Waals surface area (Å²) in [6.45, 7) is 5.82. The number of rotatable bonds is 7. The Kier molecular flexibility index (Phi) is 7.98. The summed E-state index contributed by atoms with van der Waals surface area (Å²) in [6, 6.07) is 14.2. The number of halogens is 1. The van der Waals surface area contributed by atoms with Crippen LogP contribution in [-0.2, 0) is 11.2 Å². The predicted molar refractivity (Wildman–Crippen MR) is 122 cm³/mol. The van der Waals surface area contributed by atoms with Crippen LogP contribution in [0.15, 0.2) is 42.5 Å². The number of nitrogens with zero attached hydrogens (tertiary/aromatic N) is 3. The van der Waals surface area contributed by atoms with Gasteiger partial charge < -0.3 is 4.90 Å². The second-order valence-electron chi connectivity index (χ2n) is 7.29. The standard InChI is InChI=1S/C22H27N3OS.ClH/c1-16-13-17(2)21-19(14-16)23-22(27-21)25(12-8-11-24(3)4)20(26)15-18-9-6-5-7-10-18;/h5-7,9-10,13-14H,8,11-12,15H2,1-4H3;1H. The van der Waals surface area contributed by atoms with Crippen molar-refractivity contribution in [2.45, 2.75) is 26.7 Å². The predicted octanol–water partition coefficient (Wildman–Crippen LogP) is 4.86.